The highest BCUT2D eigenvalue weighted by molar-refractivity contribution is 5.98. The number of hydrogen-bond acceptors (Lipinski definition) is 4. The molecule has 0 aliphatic carbocycles. The second kappa shape index (κ2) is 4.37. The van der Waals surface area contributed by atoms with Gasteiger partial charge in [0.2, 0.25) is 0 Å². The highest BCUT2D eigenvalue weighted by Crippen LogP contribution is 2.28. The number of benzene rings is 1. The van der Waals surface area contributed by atoms with Crippen molar-refractivity contribution in [3.05, 3.63) is 48.8 Å². The normalized spacial score (nSPS) is 10.7. The van der Waals surface area contributed by atoms with Crippen molar-refractivity contribution in [1.29, 1.82) is 0 Å². The van der Waals surface area contributed by atoms with Gasteiger partial charge in [-0.3, -0.25) is 4.98 Å². The molecule has 1 aromatic carbocycles. The molecule has 0 saturated heterocycles. The van der Waals surface area contributed by atoms with Gasteiger partial charge in [-0.1, -0.05) is 6.07 Å². The van der Waals surface area contributed by atoms with Crippen molar-refractivity contribution in [2.45, 2.75) is 6.54 Å². The third kappa shape index (κ3) is 1.86. The van der Waals surface area contributed by atoms with E-state index in [1.54, 1.807) is 18.6 Å². The van der Waals surface area contributed by atoms with Crippen LogP contribution in [0.1, 0.15) is 5.82 Å². The van der Waals surface area contributed by atoms with E-state index < -0.39 is 0 Å². The summed E-state index contributed by atoms with van der Waals surface area (Å²) in [5, 5.41) is 5.32. The molecule has 3 aromatic rings. The summed E-state index contributed by atoms with van der Waals surface area (Å²) in [4.78, 5) is 11.3. The quantitative estimate of drug-likeness (QED) is 0.612. The van der Waals surface area contributed by atoms with Gasteiger partial charge < -0.3 is 16.0 Å². The average Bonchev–Trinajstić information content (AvgIpc) is 2.91. The van der Waals surface area contributed by atoms with Crippen LogP contribution in [0.2, 0.25) is 0 Å². The Bertz CT molecular complexity index is 660. The molecule has 2 heterocycles. The molecule has 0 unspecified atom stereocenters. The van der Waals surface area contributed by atoms with Gasteiger partial charge in [-0.25, -0.2) is 4.98 Å². The summed E-state index contributed by atoms with van der Waals surface area (Å²) in [6.45, 7) is 0.619. The maximum absolute atomic E-state index is 6.14. The molecule has 0 bridgehead atoms. The van der Waals surface area contributed by atoms with Crippen LogP contribution < -0.4 is 11.1 Å². The zero-order valence-electron chi connectivity index (χ0n) is 9.72. The Morgan fingerprint density at radius 2 is 2.17 bits per heavy atom. The lowest BCUT2D eigenvalue weighted by Gasteiger charge is -2.10. The van der Waals surface area contributed by atoms with Crippen molar-refractivity contribution in [3.8, 4) is 0 Å². The lowest BCUT2D eigenvalue weighted by Crippen LogP contribution is -2.04. The van der Waals surface area contributed by atoms with Crippen LogP contribution >= 0.6 is 0 Å². The van der Waals surface area contributed by atoms with Crippen LogP contribution in [0.25, 0.3) is 10.8 Å². The zero-order chi connectivity index (χ0) is 12.4. The Kier molecular flexibility index (Phi) is 2.57. The largest absolute Gasteiger partial charge is 0.397 e. The first-order chi connectivity index (χ1) is 8.84. The monoisotopic (exact) mass is 239 g/mol. The van der Waals surface area contributed by atoms with E-state index in [2.05, 4.69) is 20.3 Å². The highest BCUT2D eigenvalue weighted by atomic mass is 15.0. The number of nitrogen functional groups attached to an aromatic ring is 1. The summed E-state index contributed by atoms with van der Waals surface area (Å²) in [6.07, 6.45) is 7.08. The minimum Gasteiger partial charge on any atom is -0.397 e. The van der Waals surface area contributed by atoms with Crippen molar-refractivity contribution < 1.29 is 0 Å². The number of nitrogens with two attached hydrogens (primary N) is 1. The van der Waals surface area contributed by atoms with Crippen LogP contribution in [-0.2, 0) is 6.54 Å². The Labute approximate surface area is 104 Å². The molecular weight excluding hydrogens is 226 g/mol. The second-order valence-corrected chi connectivity index (χ2v) is 4.01. The first-order valence-corrected chi connectivity index (χ1v) is 5.69. The maximum atomic E-state index is 6.14. The van der Waals surface area contributed by atoms with E-state index in [1.807, 2.05) is 24.4 Å². The smallest absolute Gasteiger partial charge is 0.125 e. The van der Waals surface area contributed by atoms with Crippen LogP contribution in [0.5, 0.6) is 0 Å². The fourth-order valence-electron chi connectivity index (χ4n) is 1.92. The number of H-pyrrole nitrogens is 1. The Hall–Kier alpha value is -2.56. The minimum atomic E-state index is 0.619. The van der Waals surface area contributed by atoms with Gasteiger partial charge in [0.05, 0.1) is 17.9 Å². The Morgan fingerprint density at radius 3 is 3.00 bits per heavy atom. The summed E-state index contributed by atoms with van der Waals surface area (Å²) in [5.41, 5.74) is 7.78. The van der Waals surface area contributed by atoms with E-state index in [-0.39, 0.29) is 0 Å². The number of rotatable bonds is 3. The van der Waals surface area contributed by atoms with Gasteiger partial charge in [0.25, 0.3) is 0 Å². The first-order valence-electron chi connectivity index (χ1n) is 5.69. The number of fused-ring (bicyclic) bond motifs is 1. The van der Waals surface area contributed by atoms with E-state index in [1.165, 1.54) is 0 Å². The molecule has 0 saturated carbocycles. The molecule has 5 heteroatoms. The molecule has 0 amide bonds. The van der Waals surface area contributed by atoms with Crippen molar-refractivity contribution in [2.75, 3.05) is 11.1 Å². The molecule has 18 heavy (non-hydrogen) atoms. The standard InChI is InChI=1S/C13H13N5/c14-13-10-3-4-15-7-9(10)1-2-11(13)18-8-12-16-5-6-17-12/h1-7,18H,8,14H2,(H,16,17). The second-order valence-electron chi connectivity index (χ2n) is 4.01. The first kappa shape index (κ1) is 10.6. The maximum Gasteiger partial charge on any atom is 0.125 e. The van der Waals surface area contributed by atoms with Crippen molar-refractivity contribution in [1.82, 2.24) is 15.0 Å². The topological polar surface area (TPSA) is 79.6 Å². The molecule has 0 radical (unpaired) electrons. The molecule has 90 valence electrons. The van der Waals surface area contributed by atoms with Crippen molar-refractivity contribution in [3.63, 3.8) is 0 Å². The average molecular weight is 239 g/mol. The number of imidazole rings is 1. The van der Waals surface area contributed by atoms with Crippen molar-refractivity contribution in [2.24, 2.45) is 0 Å². The molecule has 5 nitrogen and oxygen atoms in total. The summed E-state index contributed by atoms with van der Waals surface area (Å²) >= 11 is 0. The molecule has 2 aromatic heterocycles. The molecule has 4 N–H and O–H groups in total. The zero-order valence-corrected chi connectivity index (χ0v) is 9.72. The summed E-state index contributed by atoms with van der Waals surface area (Å²) in [6, 6.07) is 5.88. The molecule has 0 fully saturated rings. The molecular formula is C13H13N5. The molecule has 0 atom stereocenters. The fourth-order valence-corrected chi connectivity index (χ4v) is 1.92. The van der Waals surface area contributed by atoms with Crippen LogP contribution in [0.4, 0.5) is 11.4 Å². The summed E-state index contributed by atoms with van der Waals surface area (Å²) in [7, 11) is 0. The third-order valence-electron chi connectivity index (χ3n) is 2.86. The van der Waals surface area contributed by atoms with Gasteiger partial charge in [0, 0.05) is 35.6 Å². The predicted octanol–water partition coefficient (Wildman–Crippen LogP) is 2.15. The van der Waals surface area contributed by atoms with Crippen LogP contribution in [0.3, 0.4) is 0 Å². The number of anilines is 2. The Balaban J connectivity index is 1.90. The molecule has 0 spiro atoms. The van der Waals surface area contributed by atoms with Crippen LogP contribution in [0, 0.1) is 0 Å². The fraction of sp³-hybridized carbons (Fsp3) is 0.0769. The molecule has 0 aliphatic rings. The summed E-state index contributed by atoms with van der Waals surface area (Å²) < 4.78 is 0. The Morgan fingerprint density at radius 1 is 1.22 bits per heavy atom. The van der Waals surface area contributed by atoms with E-state index in [0.717, 1.165) is 28.0 Å². The van der Waals surface area contributed by atoms with E-state index in [0.29, 0.717) is 6.54 Å². The van der Waals surface area contributed by atoms with Gasteiger partial charge in [-0.15, -0.1) is 0 Å². The van der Waals surface area contributed by atoms with Gasteiger partial charge in [0.15, 0.2) is 0 Å². The van der Waals surface area contributed by atoms with Gasteiger partial charge in [-0.05, 0) is 12.1 Å². The van der Waals surface area contributed by atoms with E-state index in [9.17, 15) is 0 Å². The number of pyridine rings is 1. The number of aromatic amines is 1. The minimum absolute atomic E-state index is 0.619. The number of nitrogens with one attached hydrogen (secondary N) is 2. The van der Waals surface area contributed by atoms with Gasteiger partial charge >= 0.3 is 0 Å². The van der Waals surface area contributed by atoms with Gasteiger partial charge in [0.1, 0.15) is 5.82 Å². The van der Waals surface area contributed by atoms with Gasteiger partial charge in [-0.2, -0.15) is 0 Å². The number of nitrogens with zero attached hydrogens (tertiary/aromatic N) is 2. The van der Waals surface area contributed by atoms with E-state index >= 15 is 0 Å². The molecule has 0 aliphatic heterocycles. The molecule has 3 rings (SSSR count). The highest BCUT2D eigenvalue weighted by Gasteiger charge is 2.04. The lowest BCUT2D eigenvalue weighted by atomic mass is 10.1. The van der Waals surface area contributed by atoms with Crippen LogP contribution in [0.15, 0.2) is 43.0 Å². The third-order valence-corrected chi connectivity index (χ3v) is 2.86. The van der Waals surface area contributed by atoms with Crippen molar-refractivity contribution >= 4 is 22.1 Å². The SMILES string of the molecule is Nc1c(NCc2ncc[nH]2)ccc2cnccc12. The lowest BCUT2D eigenvalue weighted by molar-refractivity contribution is 1.00. The van der Waals surface area contributed by atoms with Crippen LogP contribution in [-0.4, -0.2) is 15.0 Å². The number of aromatic nitrogens is 3. The summed E-state index contributed by atoms with van der Waals surface area (Å²) in [5.74, 6) is 0.879. The van der Waals surface area contributed by atoms with E-state index in [4.69, 9.17) is 5.73 Å². The number of hydrogen-bond donors (Lipinski definition) is 3. The predicted molar refractivity (Wildman–Crippen MR) is 72.1 cm³/mol.